The molecular weight excluding hydrogens is 276 g/mol. The number of rotatable bonds is 7. The van der Waals surface area contributed by atoms with E-state index in [-0.39, 0.29) is 5.91 Å². The Bertz CT molecular complexity index is 451. The maximum atomic E-state index is 12.3. The number of hydrogen-bond donors (Lipinski definition) is 2. The van der Waals surface area contributed by atoms with E-state index in [0.717, 1.165) is 18.4 Å². The minimum absolute atomic E-state index is 0.00283. The zero-order chi connectivity index (χ0) is 15.2. The van der Waals surface area contributed by atoms with Gasteiger partial charge in [0, 0.05) is 13.1 Å². The molecule has 20 heavy (non-hydrogen) atoms. The standard InChI is InChI=1S/C15H23ClN2O2/c1-4-15(5-2,10-17)14(19)18-9-11-6-7-13(20-3)12(16)8-11/h6-8H,4-5,9-10,17H2,1-3H3,(H,18,19). The Balaban J connectivity index is 2.71. The van der Waals surface area contributed by atoms with Crippen LogP contribution in [0.15, 0.2) is 18.2 Å². The third-order valence-electron chi connectivity index (χ3n) is 3.90. The van der Waals surface area contributed by atoms with Crippen molar-refractivity contribution in [3.05, 3.63) is 28.8 Å². The van der Waals surface area contributed by atoms with Crippen molar-refractivity contribution in [3.63, 3.8) is 0 Å². The van der Waals surface area contributed by atoms with Crippen LogP contribution in [0.2, 0.25) is 5.02 Å². The van der Waals surface area contributed by atoms with Crippen molar-refractivity contribution < 1.29 is 9.53 Å². The van der Waals surface area contributed by atoms with E-state index in [1.54, 1.807) is 19.2 Å². The topological polar surface area (TPSA) is 64.4 Å². The number of hydrogen-bond acceptors (Lipinski definition) is 3. The number of carbonyl (C=O) groups is 1. The van der Waals surface area contributed by atoms with Gasteiger partial charge in [0.15, 0.2) is 0 Å². The molecule has 0 aliphatic carbocycles. The van der Waals surface area contributed by atoms with Gasteiger partial charge in [-0.25, -0.2) is 0 Å². The maximum Gasteiger partial charge on any atom is 0.227 e. The molecule has 0 radical (unpaired) electrons. The Morgan fingerprint density at radius 2 is 2.05 bits per heavy atom. The van der Waals surface area contributed by atoms with Crippen LogP contribution in [0, 0.1) is 5.41 Å². The Morgan fingerprint density at radius 3 is 2.50 bits per heavy atom. The fourth-order valence-electron chi connectivity index (χ4n) is 2.14. The number of nitrogens with two attached hydrogens (primary N) is 1. The summed E-state index contributed by atoms with van der Waals surface area (Å²) in [6.45, 7) is 4.76. The van der Waals surface area contributed by atoms with E-state index >= 15 is 0 Å². The molecule has 5 heteroatoms. The van der Waals surface area contributed by atoms with E-state index in [0.29, 0.717) is 23.9 Å². The van der Waals surface area contributed by atoms with Crippen LogP contribution >= 0.6 is 11.6 Å². The molecule has 112 valence electrons. The average Bonchev–Trinajstić information content (AvgIpc) is 2.47. The molecule has 0 heterocycles. The smallest absolute Gasteiger partial charge is 0.227 e. The van der Waals surface area contributed by atoms with Gasteiger partial charge in [-0.2, -0.15) is 0 Å². The summed E-state index contributed by atoms with van der Waals surface area (Å²) in [5.74, 6) is 0.622. The van der Waals surface area contributed by atoms with Crippen molar-refractivity contribution in [2.75, 3.05) is 13.7 Å². The lowest BCUT2D eigenvalue weighted by Gasteiger charge is -2.28. The van der Waals surface area contributed by atoms with E-state index in [2.05, 4.69) is 5.32 Å². The van der Waals surface area contributed by atoms with E-state index in [4.69, 9.17) is 22.1 Å². The Hall–Kier alpha value is -1.26. The predicted octanol–water partition coefficient (Wildman–Crippen LogP) is 2.73. The zero-order valence-corrected chi connectivity index (χ0v) is 13.1. The van der Waals surface area contributed by atoms with Gasteiger partial charge in [-0.3, -0.25) is 4.79 Å². The van der Waals surface area contributed by atoms with Crippen molar-refractivity contribution in [1.82, 2.24) is 5.32 Å². The minimum atomic E-state index is -0.476. The highest BCUT2D eigenvalue weighted by atomic mass is 35.5. The van der Waals surface area contributed by atoms with Crippen LogP contribution in [0.25, 0.3) is 0 Å². The first-order valence-electron chi connectivity index (χ1n) is 6.83. The van der Waals surface area contributed by atoms with Crippen LogP contribution in [-0.2, 0) is 11.3 Å². The van der Waals surface area contributed by atoms with Crippen LogP contribution in [0.3, 0.4) is 0 Å². The average molecular weight is 299 g/mol. The van der Waals surface area contributed by atoms with Gasteiger partial charge < -0.3 is 15.8 Å². The minimum Gasteiger partial charge on any atom is -0.495 e. The molecule has 1 aromatic rings. The second-order valence-electron chi connectivity index (χ2n) is 4.84. The molecule has 1 rings (SSSR count). The summed E-state index contributed by atoms with van der Waals surface area (Å²) in [4.78, 5) is 12.3. The normalized spacial score (nSPS) is 11.2. The molecule has 0 saturated carbocycles. The molecule has 3 N–H and O–H groups in total. The lowest BCUT2D eigenvalue weighted by Crippen LogP contribution is -2.45. The third-order valence-corrected chi connectivity index (χ3v) is 4.19. The van der Waals surface area contributed by atoms with E-state index in [1.807, 2.05) is 19.9 Å². The zero-order valence-electron chi connectivity index (χ0n) is 12.3. The Labute approximate surface area is 125 Å². The van der Waals surface area contributed by atoms with Gasteiger partial charge in [-0.1, -0.05) is 31.5 Å². The molecule has 0 fully saturated rings. The molecule has 1 amide bonds. The van der Waals surface area contributed by atoms with Gasteiger partial charge in [0.25, 0.3) is 0 Å². The largest absolute Gasteiger partial charge is 0.495 e. The van der Waals surface area contributed by atoms with E-state index < -0.39 is 5.41 Å². The Morgan fingerprint density at radius 1 is 1.40 bits per heavy atom. The van der Waals surface area contributed by atoms with Crippen LogP contribution in [0.1, 0.15) is 32.3 Å². The van der Waals surface area contributed by atoms with Gasteiger partial charge in [-0.05, 0) is 30.5 Å². The molecule has 1 aromatic carbocycles. The van der Waals surface area contributed by atoms with Gasteiger partial charge in [0.1, 0.15) is 5.75 Å². The Kier molecular flexibility index (Phi) is 6.30. The van der Waals surface area contributed by atoms with Crippen LogP contribution in [-0.4, -0.2) is 19.6 Å². The highest BCUT2D eigenvalue weighted by molar-refractivity contribution is 6.32. The lowest BCUT2D eigenvalue weighted by molar-refractivity contribution is -0.131. The fraction of sp³-hybridized carbons (Fsp3) is 0.533. The fourth-order valence-corrected chi connectivity index (χ4v) is 2.42. The first-order chi connectivity index (χ1) is 9.52. The van der Waals surface area contributed by atoms with Crippen LogP contribution < -0.4 is 15.8 Å². The SMILES string of the molecule is CCC(CC)(CN)C(=O)NCc1ccc(OC)c(Cl)c1. The number of carbonyl (C=O) groups excluding carboxylic acids is 1. The highest BCUT2D eigenvalue weighted by Crippen LogP contribution is 2.26. The number of nitrogens with one attached hydrogen (secondary N) is 1. The monoisotopic (exact) mass is 298 g/mol. The van der Waals surface area contributed by atoms with Crippen LogP contribution in [0.5, 0.6) is 5.75 Å². The van der Waals surface area contributed by atoms with E-state index in [1.165, 1.54) is 0 Å². The number of methoxy groups -OCH3 is 1. The van der Waals surface area contributed by atoms with Crippen LogP contribution in [0.4, 0.5) is 0 Å². The summed E-state index contributed by atoms with van der Waals surface area (Å²) in [5, 5.41) is 3.48. The number of benzene rings is 1. The quantitative estimate of drug-likeness (QED) is 0.813. The molecule has 0 spiro atoms. The van der Waals surface area contributed by atoms with E-state index in [9.17, 15) is 4.79 Å². The van der Waals surface area contributed by atoms with Gasteiger partial charge in [0.2, 0.25) is 5.91 Å². The number of ether oxygens (including phenoxy) is 1. The molecular formula is C15H23ClN2O2. The van der Waals surface area contributed by atoms with Crippen molar-refractivity contribution in [3.8, 4) is 5.75 Å². The number of amides is 1. The molecule has 0 aliphatic heterocycles. The summed E-state index contributed by atoms with van der Waals surface area (Å²) < 4.78 is 5.10. The first kappa shape index (κ1) is 16.8. The molecule has 0 saturated heterocycles. The molecule has 0 bridgehead atoms. The van der Waals surface area contributed by atoms with Gasteiger partial charge in [-0.15, -0.1) is 0 Å². The van der Waals surface area contributed by atoms with Gasteiger partial charge >= 0.3 is 0 Å². The molecule has 0 unspecified atom stereocenters. The second-order valence-corrected chi connectivity index (χ2v) is 5.25. The summed E-state index contributed by atoms with van der Waals surface area (Å²) in [6, 6.07) is 5.47. The molecule has 4 nitrogen and oxygen atoms in total. The summed E-state index contributed by atoms with van der Waals surface area (Å²) in [5.41, 5.74) is 6.22. The predicted molar refractivity (Wildman–Crippen MR) is 81.9 cm³/mol. The first-order valence-corrected chi connectivity index (χ1v) is 7.21. The van der Waals surface area contributed by atoms with Crippen molar-refractivity contribution >= 4 is 17.5 Å². The summed E-state index contributed by atoms with van der Waals surface area (Å²) >= 11 is 6.06. The van der Waals surface area contributed by atoms with Crippen molar-refractivity contribution in [1.29, 1.82) is 0 Å². The van der Waals surface area contributed by atoms with Gasteiger partial charge in [0.05, 0.1) is 17.5 Å². The maximum absolute atomic E-state index is 12.3. The molecule has 0 aromatic heterocycles. The number of halogens is 1. The molecule has 0 aliphatic rings. The van der Waals surface area contributed by atoms with Crippen molar-refractivity contribution in [2.24, 2.45) is 11.1 Å². The summed E-state index contributed by atoms with van der Waals surface area (Å²) in [6.07, 6.45) is 1.46. The van der Waals surface area contributed by atoms with Crippen molar-refractivity contribution in [2.45, 2.75) is 33.2 Å². The lowest BCUT2D eigenvalue weighted by atomic mass is 9.81. The molecule has 0 atom stereocenters. The highest BCUT2D eigenvalue weighted by Gasteiger charge is 2.32. The summed E-state index contributed by atoms with van der Waals surface area (Å²) in [7, 11) is 1.57. The second kappa shape index (κ2) is 7.50. The third kappa shape index (κ3) is 3.64.